The van der Waals surface area contributed by atoms with E-state index in [1.165, 1.54) is 0 Å². The molecule has 0 aliphatic carbocycles. The van der Waals surface area contributed by atoms with Gasteiger partial charge in [0.15, 0.2) is 0 Å². The van der Waals surface area contributed by atoms with Crippen LogP contribution in [0.15, 0.2) is 42.7 Å². The topological polar surface area (TPSA) is 72.2 Å². The fourth-order valence-electron chi connectivity index (χ4n) is 2.60. The van der Waals surface area contributed by atoms with E-state index in [-0.39, 0.29) is 5.56 Å². The number of carbonyl (C=O) groups is 2. The van der Waals surface area contributed by atoms with Crippen molar-refractivity contribution in [3.63, 3.8) is 0 Å². The minimum absolute atomic E-state index is 0.147. The van der Waals surface area contributed by atoms with E-state index in [9.17, 15) is 9.59 Å². The maximum absolute atomic E-state index is 12.1. The van der Waals surface area contributed by atoms with Crippen molar-refractivity contribution in [1.82, 2.24) is 9.55 Å². The molecule has 0 unspecified atom stereocenters. The second kappa shape index (κ2) is 5.27. The molecule has 0 atom stereocenters. The molecule has 3 rings (SSSR count). The molecule has 0 bridgehead atoms. The second-order valence-corrected chi connectivity index (χ2v) is 5.24. The number of aromatic nitrogens is 2. The van der Waals surface area contributed by atoms with Gasteiger partial charge in [0.05, 0.1) is 23.0 Å². The van der Waals surface area contributed by atoms with Crippen LogP contribution in [0.2, 0.25) is 5.02 Å². The molecule has 5 nitrogen and oxygen atoms in total. The third-order valence-electron chi connectivity index (χ3n) is 3.49. The molecule has 2 heterocycles. The van der Waals surface area contributed by atoms with E-state index in [0.29, 0.717) is 21.6 Å². The van der Waals surface area contributed by atoms with Gasteiger partial charge >= 0.3 is 5.97 Å². The summed E-state index contributed by atoms with van der Waals surface area (Å²) in [6.45, 7) is 1.71. The summed E-state index contributed by atoms with van der Waals surface area (Å²) >= 11 is 6.00. The van der Waals surface area contributed by atoms with Crippen molar-refractivity contribution >= 4 is 34.3 Å². The van der Waals surface area contributed by atoms with Crippen LogP contribution in [0.1, 0.15) is 16.1 Å². The number of hydrogen-bond donors (Lipinski definition) is 1. The lowest BCUT2D eigenvalue weighted by Crippen LogP contribution is -2.14. The van der Waals surface area contributed by atoms with Crippen molar-refractivity contribution in [1.29, 1.82) is 0 Å². The number of pyridine rings is 1. The Labute approximate surface area is 130 Å². The van der Waals surface area contributed by atoms with Gasteiger partial charge in [0.2, 0.25) is 0 Å². The van der Waals surface area contributed by atoms with Crippen LogP contribution in [0.3, 0.4) is 0 Å². The third-order valence-corrected chi connectivity index (χ3v) is 3.73. The van der Waals surface area contributed by atoms with Gasteiger partial charge in [-0.3, -0.25) is 9.78 Å². The lowest BCUT2D eigenvalue weighted by molar-refractivity contribution is -0.131. The molecule has 1 aromatic carbocycles. The van der Waals surface area contributed by atoms with Gasteiger partial charge in [-0.1, -0.05) is 11.6 Å². The number of Topliss-reactive ketones (excluding diaryl/α,β-unsaturated/α-hetero) is 1. The Hall–Kier alpha value is -2.66. The molecule has 0 aliphatic heterocycles. The highest BCUT2D eigenvalue weighted by molar-refractivity contribution is 6.43. The van der Waals surface area contributed by atoms with Crippen LogP contribution < -0.4 is 0 Å². The number of benzene rings is 1. The van der Waals surface area contributed by atoms with E-state index in [1.807, 2.05) is 6.07 Å². The van der Waals surface area contributed by atoms with Gasteiger partial charge in [0.25, 0.3) is 5.78 Å². The Bertz CT molecular complexity index is 901. The number of carboxylic acids is 1. The van der Waals surface area contributed by atoms with Crippen LogP contribution in [0.25, 0.3) is 16.6 Å². The summed E-state index contributed by atoms with van der Waals surface area (Å²) in [5, 5.41) is 10.0. The van der Waals surface area contributed by atoms with Crippen LogP contribution >= 0.6 is 11.6 Å². The number of hydrogen-bond acceptors (Lipinski definition) is 3. The monoisotopic (exact) mass is 314 g/mol. The van der Waals surface area contributed by atoms with E-state index in [0.717, 1.165) is 5.69 Å². The molecule has 0 saturated carbocycles. The lowest BCUT2D eigenvalue weighted by Gasteiger charge is -2.07. The zero-order chi connectivity index (χ0) is 15.9. The summed E-state index contributed by atoms with van der Waals surface area (Å²) < 4.78 is 1.80. The Morgan fingerprint density at radius 1 is 1.27 bits per heavy atom. The highest BCUT2D eigenvalue weighted by Crippen LogP contribution is 2.31. The van der Waals surface area contributed by atoms with Gasteiger partial charge in [-0.15, -0.1) is 0 Å². The largest absolute Gasteiger partial charge is 0.475 e. The Balaban J connectivity index is 2.42. The molecular formula is C16H11ClN2O3. The fraction of sp³-hybridized carbons (Fsp3) is 0.0625. The Morgan fingerprint density at radius 2 is 2.05 bits per heavy atom. The molecule has 0 spiro atoms. The predicted octanol–water partition coefficient (Wildman–Crippen LogP) is 3.25. The van der Waals surface area contributed by atoms with Crippen molar-refractivity contribution in [2.24, 2.45) is 0 Å². The smallest absolute Gasteiger partial charge is 0.377 e. The number of halogens is 1. The number of aliphatic carboxylic acids is 1. The number of rotatable bonds is 3. The minimum Gasteiger partial charge on any atom is -0.475 e. The van der Waals surface area contributed by atoms with E-state index >= 15 is 0 Å². The van der Waals surface area contributed by atoms with Crippen LogP contribution in [0.4, 0.5) is 0 Å². The first kappa shape index (κ1) is 14.3. The first-order chi connectivity index (χ1) is 10.5. The van der Waals surface area contributed by atoms with Gasteiger partial charge in [0.1, 0.15) is 0 Å². The van der Waals surface area contributed by atoms with E-state index in [2.05, 4.69) is 4.98 Å². The summed E-state index contributed by atoms with van der Waals surface area (Å²) in [6, 6.07) is 8.67. The molecule has 1 N–H and O–H groups in total. The van der Waals surface area contributed by atoms with E-state index < -0.39 is 11.8 Å². The van der Waals surface area contributed by atoms with Gasteiger partial charge < -0.3 is 9.67 Å². The first-order valence-electron chi connectivity index (χ1n) is 6.49. The SMILES string of the molecule is Cc1c(C(=O)C(=O)O)c2cc(Cl)ccc2n1-c1cccnc1. The molecular weight excluding hydrogens is 304 g/mol. The Morgan fingerprint density at radius 3 is 2.68 bits per heavy atom. The zero-order valence-electron chi connectivity index (χ0n) is 11.6. The molecule has 6 heteroatoms. The van der Waals surface area contributed by atoms with Crippen molar-refractivity contribution in [2.75, 3.05) is 0 Å². The van der Waals surface area contributed by atoms with Gasteiger partial charge in [-0.05, 0) is 37.3 Å². The van der Waals surface area contributed by atoms with Crippen molar-refractivity contribution in [3.8, 4) is 5.69 Å². The van der Waals surface area contributed by atoms with Gasteiger partial charge in [-0.25, -0.2) is 4.79 Å². The minimum atomic E-state index is -1.49. The average Bonchev–Trinajstić information content (AvgIpc) is 2.78. The summed E-state index contributed by atoms with van der Waals surface area (Å²) in [6.07, 6.45) is 3.29. The average molecular weight is 315 g/mol. The molecule has 0 fully saturated rings. The lowest BCUT2D eigenvalue weighted by atomic mass is 10.1. The zero-order valence-corrected chi connectivity index (χ0v) is 12.3. The highest BCUT2D eigenvalue weighted by Gasteiger charge is 2.25. The van der Waals surface area contributed by atoms with Crippen molar-refractivity contribution in [2.45, 2.75) is 6.92 Å². The molecule has 2 aromatic heterocycles. The van der Waals surface area contributed by atoms with Crippen LogP contribution in [0, 0.1) is 6.92 Å². The quantitative estimate of drug-likeness (QED) is 0.595. The number of fused-ring (bicyclic) bond motifs is 1. The standard InChI is InChI=1S/C16H11ClN2O3/c1-9-14(15(20)16(21)22)12-7-10(17)4-5-13(12)19(9)11-3-2-6-18-8-11/h2-8H,1H3,(H,21,22). The van der Waals surface area contributed by atoms with Gasteiger partial charge in [-0.2, -0.15) is 0 Å². The van der Waals surface area contributed by atoms with Crippen molar-refractivity contribution < 1.29 is 14.7 Å². The van der Waals surface area contributed by atoms with Crippen LogP contribution in [0.5, 0.6) is 0 Å². The van der Waals surface area contributed by atoms with E-state index in [1.54, 1.807) is 48.1 Å². The molecule has 22 heavy (non-hydrogen) atoms. The molecule has 3 aromatic rings. The highest BCUT2D eigenvalue weighted by atomic mass is 35.5. The first-order valence-corrected chi connectivity index (χ1v) is 6.87. The third kappa shape index (κ3) is 2.16. The number of carboxylic acid groups (broad SMARTS) is 1. The molecule has 0 aliphatic rings. The number of nitrogens with zero attached hydrogens (tertiary/aromatic N) is 2. The molecule has 0 amide bonds. The Kier molecular flexibility index (Phi) is 3.42. The predicted molar refractivity (Wildman–Crippen MR) is 82.8 cm³/mol. The molecule has 0 radical (unpaired) electrons. The fourth-order valence-corrected chi connectivity index (χ4v) is 2.78. The van der Waals surface area contributed by atoms with E-state index in [4.69, 9.17) is 16.7 Å². The normalized spacial score (nSPS) is 10.8. The van der Waals surface area contributed by atoms with Gasteiger partial charge in [0, 0.05) is 22.3 Å². The van der Waals surface area contributed by atoms with Crippen LogP contribution in [-0.2, 0) is 4.79 Å². The molecule has 0 saturated heterocycles. The number of carbonyl (C=O) groups excluding carboxylic acids is 1. The maximum Gasteiger partial charge on any atom is 0.377 e. The summed E-state index contributed by atoms with van der Waals surface area (Å²) in [4.78, 5) is 27.3. The molecule has 110 valence electrons. The summed E-state index contributed by atoms with van der Waals surface area (Å²) in [5.41, 5.74) is 2.14. The second-order valence-electron chi connectivity index (χ2n) is 4.80. The van der Waals surface area contributed by atoms with Crippen LogP contribution in [-0.4, -0.2) is 26.4 Å². The maximum atomic E-state index is 12.1. The number of ketones is 1. The summed E-state index contributed by atoms with van der Waals surface area (Å²) in [7, 11) is 0. The van der Waals surface area contributed by atoms with Crippen molar-refractivity contribution in [3.05, 3.63) is 59.0 Å². The summed E-state index contributed by atoms with van der Waals surface area (Å²) in [5.74, 6) is -2.44.